The molecule has 0 atom stereocenters. The predicted octanol–water partition coefficient (Wildman–Crippen LogP) is 4.12. The number of aromatic hydroxyl groups is 1. The van der Waals surface area contributed by atoms with Crippen molar-refractivity contribution < 1.29 is 19.8 Å². The second kappa shape index (κ2) is 7.74. The van der Waals surface area contributed by atoms with Gasteiger partial charge in [0.25, 0.3) is 0 Å². The number of phenols is 1. The first-order valence-electron chi connectivity index (χ1n) is 8.18. The molecule has 1 rings (SSSR count). The number of hydrogen-bond donors (Lipinski definition) is 3. The maximum absolute atomic E-state index is 10.7. The van der Waals surface area contributed by atoms with Crippen LogP contribution in [-0.4, -0.2) is 22.8 Å². The van der Waals surface area contributed by atoms with Crippen molar-refractivity contribution in [3.8, 4) is 5.75 Å². The summed E-state index contributed by atoms with van der Waals surface area (Å²) < 4.78 is 0. The van der Waals surface area contributed by atoms with Crippen LogP contribution in [0.1, 0.15) is 58.2 Å². The van der Waals surface area contributed by atoms with Gasteiger partial charge in [0, 0.05) is 11.1 Å². The van der Waals surface area contributed by atoms with E-state index in [4.69, 9.17) is 9.94 Å². The van der Waals surface area contributed by atoms with Crippen LogP contribution < -0.4 is 5.48 Å². The SMILES string of the molecule is C=C(NOCC=Cc1cc(C(C)(C)C)c(O)c(C(C)(C)C)c1)C(=O)O. The molecule has 0 heterocycles. The van der Waals surface area contributed by atoms with Gasteiger partial charge in [-0.1, -0.05) is 60.3 Å². The molecular weight excluding hydrogens is 318 g/mol. The minimum atomic E-state index is -1.16. The van der Waals surface area contributed by atoms with E-state index < -0.39 is 5.97 Å². The molecule has 0 fully saturated rings. The fourth-order valence-corrected chi connectivity index (χ4v) is 2.30. The summed E-state index contributed by atoms with van der Waals surface area (Å²) in [6, 6.07) is 3.93. The van der Waals surface area contributed by atoms with Crippen molar-refractivity contribution in [2.75, 3.05) is 6.61 Å². The molecule has 0 amide bonds. The number of carboxylic acids is 1. The smallest absolute Gasteiger partial charge is 0.353 e. The Morgan fingerprint density at radius 3 is 2.04 bits per heavy atom. The summed E-state index contributed by atoms with van der Waals surface area (Å²) in [5, 5.41) is 19.4. The van der Waals surface area contributed by atoms with E-state index in [1.807, 2.05) is 18.2 Å². The molecule has 5 heteroatoms. The maximum atomic E-state index is 10.7. The van der Waals surface area contributed by atoms with E-state index in [0.29, 0.717) is 5.75 Å². The Balaban J connectivity index is 3.02. The summed E-state index contributed by atoms with van der Waals surface area (Å²) in [5.74, 6) is -0.819. The van der Waals surface area contributed by atoms with Crippen molar-refractivity contribution in [3.05, 3.63) is 47.2 Å². The molecule has 0 radical (unpaired) electrons. The molecule has 1 aromatic rings. The van der Waals surface area contributed by atoms with Gasteiger partial charge in [-0.05, 0) is 28.5 Å². The summed E-state index contributed by atoms with van der Waals surface area (Å²) in [5.41, 5.74) is 4.39. The molecule has 1 aromatic carbocycles. The number of rotatable bonds is 6. The van der Waals surface area contributed by atoms with E-state index >= 15 is 0 Å². The average molecular weight is 347 g/mol. The summed E-state index contributed by atoms with van der Waals surface area (Å²) in [6.07, 6.45) is 3.66. The fourth-order valence-electron chi connectivity index (χ4n) is 2.30. The minimum Gasteiger partial charge on any atom is -0.507 e. The van der Waals surface area contributed by atoms with E-state index in [1.54, 1.807) is 6.08 Å². The molecule has 0 unspecified atom stereocenters. The van der Waals surface area contributed by atoms with Gasteiger partial charge in [0.15, 0.2) is 0 Å². The van der Waals surface area contributed by atoms with Crippen molar-refractivity contribution in [1.82, 2.24) is 5.48 Å². The van der Waals surface area contributed by atoms with Gasteiger partial charge < -0.3 is 10.2 Å². The van der Waals surface area contributed by atoms with Gasteiger partial charge in [0.05, 0.1) is 6.61 Å². The average Bonchev–Trinajstić information content (AvgIpc) is 2.45. The molecule has 0 aliphatic rings. The van der Waals surface area contributed by atoms with E-state index in [1.165, 1.54) is 0 Å². The first-order chi connectivity index (χ1) is 11.3. The molecule has 138 valence electrons. The lowest BCUT2D eigenvalue weighted by atomic mass is 9.78. The number of nitrogens with one attached hydrogen (secondary N) is 1. The lowest BCUT2D eigenvalue weighted by Crippen LogP contribution is -2.19. The Hall–Kier alpha value is -2.27. The quantitative estimate of drug-likeness (QED) is 0.410. The van der Waals surface area contributed by atoms with Crippen LogP contribution in [0.3, 0.4) is 0 Å². The molecule has 25 heavy (non-hydrogen) atoms. The van der Waals surface area contributed by atoms with Gasteiger partial charge in [0.2, 0.25) is 0 Å². The topological polar surface area (TPSA) is 78.8 Å². The van der Waals surface area contributed by atoms with Crippen LogP contribution in [0.2, 0.25) is 0 Å². The number of carbonyl (C=O) groups is 1. The molecule has 0 saturated carbocycles. The second-order valence-corrected chi connectivity index (χ2v) is 8.06. The van der Waals surface area contributed by atoms with Gasteiger partial charge in [-0.15, -0.1) is 0 Å². The number of benzene rings is 1. The van der Waals surface area contributed by atoms with E-state index in [0.717, 1.165) is 16.7 Å². The van der Waals surface area contributed by atoms with E-state index in [2.05, 4.69) is 53.6 Å². The third-order valence-electron chi connectivity index (χ3n) is 3.69. The zero-order valence-electron chi connectivity index (χ0n) is 15.9. The van der Waals surface area contributed by atoms with E-state index in [-0.39, 0.29) is 23.1 Å². The number of phenolic OH excluding ortho intramolecular Hbond substituents is 1. The lowest BCUT2D eigenvalue weighted by molar-refractivity contribution is -0.134. The lowest BCUT2D eigenvalue weighted by Gasteiger charge is -2.27. The number of hydroxylamine groups is 1. The summed E-state index contributed by atoms with van der Waals surface area (Å²) >= 11 is 0. The molecule has 0 aromatic heterocycles. The Kier molecular flexibility index (Phi) is 6.43. The highest BCUT2D eigenvalue weighted by Crippen LogP contribution is 2.39. The van der Waals surface area contributed by atoms with Crippen LogP contribution in [0.25, 0.3) is 6.08 Å². The van der Waals surface area contributed by atoms with Gasteiger partial charge in [-0.25, -0.2) is 4.79 Å². The van der Waals surface area contributed by atoms with Crippen LogP contribution in [0.4, 0.5) is 0 Å². The Labute approximate surface area is 150 Å². The molecule has 0 bridgehead atoms. The highest BCUT2D eigenvalue weighted by Gasteiger charge is 2.26. The molecule has 0 spiro atoms. The van der Waals surface area contributed by atoms with Gasteiger partial charge in [-0.3, -0.25) is 10.3 Å². The van der Waals surface area contributed by atoms with Crippen molar-refractivity contribution >= 4 is 12.0 Å². The third kappa shape index (κ3) is 5.94. The monoisotopic (exact) mass is 347 g/mol. The number of aliphatic carboxylic acids is 1. The van der Waals surface area contributed by atoms with Crippen molar-refractivity contribution in [2.45, 2.75) is 52.4 Å². The van der Waals surface area contributed by atoms with Crippen molar-refractivity contribution in [2.24, 2.45) is 0 Å². The largest absolute Gasteiger partial charge is 0.507 e. The maximum Gasteiger partial charge on any atom is 0.353 e. The Morgan fingerprint density at radius 2 is 1.64 bits per heavy atom. The summed E-state index contributed by atoms with van der Waals surface area (Å²) in [7, 11) is 0. The molecular formula is C20H29NO4. The van der Waals surface area contributed by atoms with Crippen LogP contribution in [0.15, 0.2) is 30.5 Å². The third-order valence-corrected chi connectivity index (χ3v) is 3.69. The fraction of sp³-hybridized carbons (Fsp3) is 0.450. The number of carboxylic acid groups (broad SMARTS) is 1. The predicted molar refractivity (Wildman–Crippen MR) is 100 cm³/mol. The van der Waals surface area contributed by atoms with Gasteiger partial charge in [0.1, 0.15) is 11.4 Å². The van der Waals surface area contributed by atoms with Crippen LogP contribution in [-0.2, 0) is 20.5 Å². The first kappa shape index (κ1) is 20.8. The Bertz CT molecular complexity index is 641. The number of hydrogen-bond acceptors (Lipinski definition) is 4. The van der Waals surface area contributed by atoms with Gasteiger partial charge >= 0.3 is 5.97 Å². The zero-order valence-corrected chi connectivity index (χ0v) is 15.9. The standard InChI is InChI=1S/C20H29NO4/c1-13(18(23)24)21-25-10-8-9-14-11-15(19(2,3)4)17(22)16(12-14)20(5,6)7/h8-9,11-12,21-22H,1,10H2,2-7H3,(H,23,24). The van der Waals surface area contributed by atoms with Crippen LogP contribution in [0.5, 0.6) is 5.75 Å². The molecule has 0 aliphatic carbocycles. The van der Waals surface area contributed by atoms with Crippen LogP contribution >= 0.6 is 0 Å². The zero-order chi connectivity index (χ0) is 19.4. The molecule has 5 nitrogen and oxygen atoms in total. The second-order valence-electron chi connectivity index (χ2n) is 8.06. The summed E-state index contributed by atoms with van der Waals surface area (Å²) in [6.45, 7) is 15.9. The first-order valence-corrected chi connectivity index (χ1v) is 8.18. The van der Waals surface area contributed by atoms with Gasteiger partial charge in [-0.2, -0.15) is 0 Å². The van der Waals surface area contributed by atoms with Crippen molar-refractivity contribution in [3.63, 3.8) is 0 Å². The molecule has 3 N–H and O–H groups in total. The molecule has 0 aliphatic heterocycles. The van der Waals surface area contributed by atoms with Crippen molar-refractivity contribution in [1.29, 1.82) is 0 Å². The van der Waals surface area contributed by atoms with E-state index in [9.17, 15) is 9.90 Å². The van der Waals surface area contributed by atoms with Crippen LogP contribution in [0, 0.1) is 0 Å². The normalized spacial score (nSPS) is 12.4. The minimum absolute atomic E-state index is 0.183. The highest BCUT2D eigenvalue weighted by molar-refractivity contribution is 5.84. The Morgan fingerprint density at radius 1 is 1.16 bits per heavy atom. The summed E-state index contributed by atoms with van der Waals surface area (Å²) in [4.78, 5) is 15.6. The highest BCUT2D eigenvalue weighted by atomic mass is 16.6. The molecule has 0 saturated heterocycles.